The van der Waals surface area contributed by atoms with E-state index in [0.717, 1.165) is 42.4 Å². The van der Waals surface area contributed by atoms with Gasteiger partial charge in [-0.05, 0) is 31.2 Å². The summed E-state index contributed by atoms with van der Waals surface area (Å²) in [5.74, 6) is 0.368. The smallest absolute Gasteiger partial charge is 0.201 e. The maximum Gasteiger partial charge on any atom is 0.201 e. The molecule has 0 spiro atoms. The Morgan fingerprint density at radius 2 is 1.37 bits per heavy atom. The van der Waals surface area contributed by atoms with Crippen molar-refractivity contribution >= 4 is 0 Å². The molecule has 3 nitrogen and oxygen atoms in total. The SMILES string of the molecule is CCCCOc1c(O)c(O)c(CC)c(CC)c1CC. The molecule has 0 aromatic heterocycles. The molecule has 19 heavy (non-hydrogen) atoms. The molecular weight excluding hydrogens is 240 g/mol. The van der Waals surface area contributed by atoms with Crippen molar-refractivity contribution in [1.82, 2.24) is 0 Å². The van der Waals surface area contributed by atoms with Crippen LogP contribution in [0.4, 0.5) is 0 Å². The van der Waals surface area contributed by atoms with Gasteiger partial charge in [0.1, 0.15) is 0 Å². The van der Waals surface area contributed by atoms with Gasteiger partial charge in [-0.1, -0.05) is 34.1 Å². The first kappa shape index (κ1) is 15.7. The van der Waals surface area contributed by atoms with Crippen LogP contribution >= 0.6 is 0 Å². The molecule has 0 saturated heterocycles. The molecule has 1 aromatic carbocycles. The van der Waals surface area contributed by atoms with Gasteiger partial charge in [0.2, 0.25) is 5.75 Å². The number of phenolic OH excluding ortho intramolecular Hbond substituents is 2. The third-order valence-electron chi connectivity index (χ3n) is 3.53. The van der Waals surface area contributed by atoms with E-state index in [1.54, 1.807) is 0 Å². The second-order valence-corrected chi connectivity index (χ2v) is 4.72. The van der Waals surface area contributed by atoms with Crippen molar-refractivity contribution < 1.29 is 14.9 Å². The molecular formula is C16H26O3. The van der Waals surface area contributed by atoms with E-state index in [4.69, 9.17) is 4.74 Å². The highest BCUT2D eigenvalue weighted by Crippen LogP contribution is 2.44. The van der Waals surface area contributed by atoms with Crippen molar-refractivity contribution in [2.45, 2.75) is 59.8 Å². The van der Waals surface area contributed by atoms with Gasteiger partial charge in [-0.25, -0.2) is 0 Å². The first-order chi connectivity index (χ1) is 9.12. The lowest BCUT2D eigenvalue weighted by molar-refractivity contribution is 0.282. The van der Waals surface area contributed by atoms with Crippen LogP contribution in [0.15, 0.2) is 0 Å². The summed E-state index contributed by atoms with van der Waals surface area (Å²) in [4.78, 5) is 0. The maximum atomic E-state index is 10.2. The first-order valence-electron chi connectivity index (χ1n) is 7.33. The molecule has 0 amide bonds. The Bertz CT molecular complexity index is 425. The van der Waals surface area contributed by atoms with Crippen molar-refractivity contribution in [3.8, 4) is 17.2 Å². The monoisotopic (exact) mass is 266 g/mol. The molecule has 0 aliphatic carbocycles. The molecule has 0 bridgehead atoms. The lowest BCUT2D eigenvalue weighted by atomic mass is 9.93. The van der Waals surface area contributed by atoms with E-state index >= 15 is 0 Å². The highest BCUT2D eigenvalue weighted by Gasteiger charge is 2.21. The van der Waals surface area contributed by atoms with Gasteiger partial charge < -0.3 is 14.9 Å². The standard InChI is InChI=1S/C16H26O3/c1-5-9-10-19-16-13(8-4)11(6-2)12(7-3)14(17)15(16)18/h17-18H,5-10H2,1-4H3. The molecule has 0 fully saturated rings. The van der Waals surface area contributed by atoms with Crippen LogP contribution in [-0.4, -0.2) is 16.8 Å². The van der Waals surface area contributed by atoms with Crippen molar-refractivity contribution in [2.24, 2.45) is 0 Å². The van der Waals surface area contributed by atoms with E-state index < -0.39 is 0 Å². The molecule has 0 aliphatic rings. The van der Waals surface area contributed by atoms with E-state index in [0.29, 0.717) is 18.8 Å². The summed E-state index contributed by atoms with van der Waals surface area (Å²) in [7, 11) is 0. The van der Waals surface area contributed by atoms with Gasteiger partial charge in [0.05, 0.1) is 6.61 Å². The minimum absolute atomic E-state index is 0.0111. The molecule has 1 aromatic rings. The minimum Gasteiger partial charge on any atom is -0.504 e. The number of hydrogen-bond acceptors (Lipinski definition) is 3. The normalized spacial score (nSPS) is 10.7. The van der Waals surface area contributed by atoms with Crippen LogP contribution < -0.4 is 4.74 Å². The second kappa shape index (κ2) is 7.27. The predicted octanol–water partition coefficient (Wildman–Crippen LogP) is 3.96. The average molecular weight is 266 g/mol. The zero-order chi connectivity index (χ0) is 14.4. The quantitative estimate of drug-likeness (QED) is 0.580. The van der Waals surface area contributed by atoms with Crippen LogP contribution in [0.25, 0.3) is 0 Å². The van der Waals surface area contributed by atoms with E-state index in [-0.39, 0.29) is 11.5 Å². The van der Waals surface area contributed by atoms with Gasteiger partial charge in [0, 0.05) is 11.1 Å². The highest BCUT2D eigenvalue weighted by molar-refractivity contribution is 5.62. The zero-order valence-electron chi connectivity index (χ0n) is 12.5. The molecule has 0 radical (unpaired) electrons. The minimum atomic E-state index is -0.0954. The van der Waals surface area contributed by atoms with Gasteiger partial charge >= 0.3 is 0 Å². The lowest BCUT2D eigenvalue weighted by Crippen LogP contribution is -2.05. The number of aromatic hydroxyl groups is 2. The summed E-state index contributed by atoms with van der Waals surface area (Å²) in [5, 5.41) is 20.3. The molecule has 0 atom stereocenters. The Kier molecular flexibility index (Phi) is 6.00. The molecule has 108 valence electrons. The van der Waals surface area contributed by atoms with Crippen molar-refractivity contribution in [1.29, 1.82) is 0 Å². The van der Waals surface area contributed by atoms with Crippen LogP contribution in [0.1, 0.15) is 57.2 Å². The number of hydrogen-bond donors (Lipinski definition) is 2. The topological polar surface area (TPSA) is 49.7 Å². The molecule has 3 heteroatoms. The zero-order valence-corrected chi connectivity index (χ0v) is 12.5. The number of phenols is 2. The average Bonchev–Trinajstić information content (AvgIpc) is 2.43. The molecule has 0 heterocycles. The third kappa shape index (κ3) is 3.14. The predicted molar refractivity (Wildman–Crippen MR) is 78.3 cm³/mol. The molecule has 0 aliphatic heterocycles. The van der Waals surface area contributed by atoms with E-state index in [2.05, 4.69) is 20.8 Å². The van der Waals surface area contributed by atoms with Gasteiger partial charge in [0.15, 0.2) is 11.5 Å². The first-order valence-corrected chi connectivity index (χ1v) is 7.33. The Hall–Kier alpha value is -1.38. The van der Waals surface area contributed by atoms with Crippen LogP contribution in [0.3, 0.4) is 0 Å². The fourth-order valence-electron chi connectivity index (χ4n) is 2.51. The number of unbranched alkanes of at least 4 members (excludes halogenated alkanes) is 1. The number of benzene rings is 1. The maximum absolute atomic E-state index is 10.2. The van der Waals surface area contributed by atoms with E-state index in [9.17, 15) is 10.2 Å². The van der Waals surface area contributed by atoms with Crippen LogP contribution in [0.5, 0.6) is 17.2 Å². The summed E-state index contributed by atoms with van der Waals surface area (Å²) in [6.45, 7) is 8.78. The van der Waals surface area contributed by atoms with Gasteiger partial charge in [0.25, 0.3) is 0 Å². The summed E-state index contributed by atoms with van der Waals surface area (Å²) in [6, 6.07) is 0. The fourth-order valence-corrected chi connectivity index (χ4v) is 2.51. The van der Waals surface area contributed by atoms with Gasteiger partial charge in [-0.15, -0.1) is 0 Å². The highest BCUT2D eigenvalue weighted by atomic mass is 16.5. The Balaban J connectivity index is 3.31. The summed E-state index contributed by atoms with van der Waals surface area (Å²) in [5.41, 5.74) is 3.00. The Morgan fingerprint density at radius 1 is 0.789 bits per heavy atom. The summed E-state index contributed by atoms with van der Waals surface area (Å²) >= 11 is 0. The van der Waals surface area contributed by atoms with Crippen LogP contribution in [-0.2, 0) is 19.3 Å². The van der Waals surface area contributed by atoms with Crippen LogP contribution in [0.2, 0.25) is 0 Å². The molecule has 1 rings (SSSR count). The Labute approximate surface area is 116 Å². The number of rotatable bonds is 7. The Morgan fingerprint density at radius 3 is 1.84 bits per heavy atom. The summed E-state index contributed by atoms with van der Waals surface area (Å²) < 4.78 is 5.71. The summed E-state index contributed by atoms with van der Waals surface area (Å²) in [6.07, 6.45) is 4.34. The molecule has 0 unspecified atom stereocenters. The lowest BCUT2D eigenvalue weighted by Gasteiger charge is -2.20. The fraction of sp³-hybridized carbons (Fsp3) is 0.625. The van der Waals surface area contributed by atoms with Crippen LogP contribution in [0, 0.1) is 0 Å². The third-order valence-corrected chi connectivity index (χ3v) is 3.53. The van der Waals surface area contributed by atoms with Crippen molar-refractivity contribution in [3.05, 3.63) is 16.7 Å². The van der Waals surface area contributed by atoms with Gasteiger partial charge in [-0.2, -0.15) is 0 Å². The second-order valence-electron chi connectivity index (χ2n) is 4.72. The molecule has 2 N–H and O–H groups in total. The van der Waals surface area contributed by atoms with Gasteiger partial charge in [-0.3, -0.25) is 0 Å². The number of ether oxygens (including phenoxy) is 1. The van der Waals surface area contributed by atoms with E-state index in [1.807, 2.05) is 6.92 Å². The largest absolute Gasteiger partial charge is 0.504 e. The molecule has 0 saturated carbocycles. The van der Waals surface area contributed by atoms with E-state index in [1.165, 1.54) is 0 Å². The van der Waals surface area contributed by atoms with Crippen molar-refractivity contribution in [2.75, 3.05) is 6.61 Å². The van der Waals surface area contributed by atoms with Crippen molar-refractivity contribution in [3.63, 3.8) is 0 Å².